The van der Waals surface area contributed by atoms with Crippen LogP contribution in [0.15, 0.2) is 42.4 Å². The lowest BCUT2D eigenvalue weighted by atomic mass is 9.41. The zero-order chi connectivity index (χ0) is 14.5. The summed E-state index contributed by atoms with van der Waals surface area (Å²) < 4.78 is 10.2. The molecule has 0 bridgehead atoms. The van der Waals surface area contributed by atoms with Crippen molar-refractivity contribution < 1.29 is 19.1 Å². The summed E-state index contributed by atoms with van der Waals surface area (Å²) in [7, 11) is 0. The fourth-order valence-corrected chi connectivity index (χ4v) is 2.10. The van der Waals surface area contributed by atoms with Crippen LogP contribution in [0.4, 0.5) is 0 Å². The second-order valence-electron chi connectivity index (χ2n) is 4.54. The van der Waals surface area contributed by atoms with E-state index in [-0.39, 0.29) is 6.71 Å². The van der Waals surface area contributed by atoms with Crippen molar-refractivity contribution in [3.8, 4) is 11.5 Å². The van der Waals surface area contributed by atoms with E-state index in [1.807, 2.05) is 24.2 Å². The van der Waals surface area contributed by atoms with Gasteiger partial charge in [-0.05, 0) is 17.8 Å². The highest BCUT2D eigenvalue weighted by atomic mass is 16.5. The first-order chi connectivity index (χ1) is 9.56. The summed E-state index contributed by atoms with van der Waals surface area (Å²) in [5.74, 6) is 2.04. The average Bonchev–Trinajstić information content (AvgIpc) is 2.38. The zero-order valence-electron chi connectivity index (χ0n) is 11.5. The number of carbonyl (C=O) groups is 2. The largest absolute Gasteiger partial charge is 0.427 e. The van der Waals surface area contributed by atoms with Crippen LogP contribution >= 0.6 is 0 Å². The van der Waals surface area contributed by atoms with Crippen LogP contribution in [-0.2, 0) is 9.59 Å². The Labute approximate surface area is 118 Å². The summed E-state index contributed by atoms with van der Waals surface area (Å²) >= 11 is 0. The minimum absolute atomic E-state index is 0.153. The molecule has 0 saturated carbocycles. The van der Waals surface area contributed by atoms with E-state index in [4.69, 9.17) is 9.47 Å². The molecule has 0 atom stereocenters. The second-order valence-corrected chi connectivity index (χ2v) is 4.54. The summed E-state index contributed by atoms with van der Waals surface area (Å²) in [4.78, 5) is 22.2. The standard InChI is InChI=1S/C15H15BO4/c1-11(17)19-13-6-7-14(15(10-13)20-12(2)18)16-8-4-3-5-9-16/h3-8,10H,9H2,1-2H3. The van der Waals surface area contributed by atoms with Crippen molar-refractivity contribution in [1.29, 1.82) is 0 Å². The van der Waals surface area contributed by atoms with Crippen molar-refractivity contribution in [1.82, 2.24) is 0 Å². The molecule has 0 radical (unpaired) electrons. The van der Waals surface area contributed by atoms with Crippen LogP contribution in [-0.4, -0.2) is 18.7 Å². The SMILES string of the molecule is CC(=O)Oc1ccc(B2C=CC=CC2)c(OC(C)=O)c1. The van der Waals surface area contributed by atoms with E-state index in [9.17, 15) is 9.59 Å². The average molecular weight is 270 g/mol. The Morgan fingerprint density at radius 3 is 2.45 bits per heavy atom. The van der Waals surface area contributed by atoms with Crippen LogP contribution in [0.1, 0.15) is 13.8 Å². The highest BCUT2D eigenvalue weighted by Crippen LogP contribution is 2.21. The van der Waals surface area contributed by atoms with Gasteiger partial charge in [0.15, 0.2) is 0 Å². The van der Waals surface area contributed by atoms with Crippen LogP contribution in [0.25, 0.3) is 0 Å². The highest BCUT2D eigenvalue weighted by molar-refractivity contribution is 6.79. The maximum Gasteiger partial charge on any atom is 0.308 e. The monoisotopic (exact) mass is 270 g/mol. The number of esters is 2. The lowest BCUT2D eigenvalue weighted by Crippen LogP contribution is -2.30. The second kappa shape index (κ2) is 6.24. The van der Waals surface area contributed by atoms with Crippen LogP contribution < -0.4 is 14.9 Å². The lowest BCUT2D eigenvalue weighted by Gasteiger charge is -2.15. The molecule has 0 fully saturated rings. The van der Waals surface area contributed by atoms with Gasteiger partial charge in [-0.25, -0.2) is 0 Å². The topological polar surface area (TPSA) is 52.6 Å². The van der Waals surface area contributed by atoms with Crippen LogP contribution in [0.2, 0.25) is 6.32 Å². The number of hydrogen-bond donors (Lipinski definition) is 0. The molecule has 0 N–H and O–H groups in total. The normalized spacial score (nSPS) is 13.2. The van der Waals surface area contributed by atoms with E-state index < -0.39 is 11.9 Å². The fourth-order valence-electron chi connectivity index (χ4n) is 2.10. The maximum absolute atomic E-state index is 11.2. The molecule has 20 heavy (non-hydrogen) atoms. The van der Waals surface area contributed by atoms with E-state index in [1.165, 1.54) is 13.8 Å². The van der Waals surface area contributed by atoms with E-state index in [2.05, 4.69) is 6.08 Å². The summed E-state index contributed by atoms with van der Waals surface area (Å²) in [6, 6.07) is 5.10. The first-order valence-corrected chi connectivity index (χ1v) is 6.40. The van der Waals surface area contributed by atoms with Crippen molar-refractivity contribution in [3.05, 3.63) is 42.4 Å². The number of rotatable bonds is 3. The number of benzene rings is 1. The third kappa shape index (κ3) is 3.60. The Balaban J connectivity index is 2.34. The minimum atomic E-state index is -0.410. The Morgan fingerprint density at radius 2 is 1.85 bits per heavy atom. The van der Waals surface area contributed by atoms with Crippen molar-refractivity contribution in [2.45, 2.75) is 20.2 Å². The van der Waals surface area contributed by atoms with E-state index in [0.717, 1.165) is 11.8 Å². The van der Waals surface area contributed by atoms with Crippen LogP contribution in [0.3, 0.4) is 0 Å². The Morgan fingerprint density at radius 1 is 1.10 bits per heavy atom. The third-order valence-corrected chi connectivity index (χ3v) is 2.88. The Hall–Kier alpha value is -2.30. The molecular weight excluding hydrogens is 255 g/mol. The van der Waals surface area contributed by atoms with Gasteiger partial charge in [-0.2, -0.15) is 0 Å². The number of ether oxygens (including phenoxy) is 2. The van der Waals surface area contributed by atoms with Gasteiger partial charge in [0.2, 0.25) is 6.71 Å². The molecule has 102 valence electrons. The molecule has 0 unspecified atom stereocenters. The third-order valence-electron chi connectivity index (χ3n) is 2.88. The van der Waals surface area contributed by atoms with Crippen molar-refractivity contribution in [2.24, 2.45) is 0 Å². The van der Waals surface area contributed by atoms with Gasteiger partial charge in [0.25, 0.3) is 0 Å². The molecule has 0 amide bonds. The highest BCUT2D eigenvalue weighted by Gasteiger charge is 2.20. The van der Waals surface area contributed by atoms with Gasteiger partial charge in [-0.3, -0.25) is 9.59 Å². The van der Waals surface area contributed by atoms with Gasteiger partial charge >= 0.3 is 11.9 Å². The molecule has 4 nitrogen and oxygen atoms in total. The summed E-state index contributed by atoms with van der Waals surface area (Å²) in [5, 5.41) is 0. The fraction of sp³-hybridized carbons (Fsp3) is 0.200. The molecule has 0 saturated heterocycles. The van der Waals surface area contributed by atoms with Crippen molar-refractivity contribution in [2.75, 3.05) is 0 Å². The molecule has 1 aliphatic heterocycles. The van der Waals surface area contributed by atoms with Crippen LogP contribution in [0.5, 0.6) is 11.5 Å². The molecule has 0 aromatic heterocycles. The molecule has 5 heteroatoms. The predicted octanol–water partition coefficient (Wildman–Crippen LogP) is 1.90. The summed E-state index contributed by atoms with van der Waals surface area (Å²) in [6.07, 6.45) is 6.85. The van der Waals surface area contributed by atoms with Crippen molar-refractivity contribution >= 4 is 24.1 Å². The number of carbonyl (C=O) groups excluding carboxylic acids is 2. The molecule has 2 rings (SSSR count). The van der Waals surface area contributed by atoms with Gasteiger partial charge in [-0.15, -0.1) is 5.98 Å². The molecule has 1 heterocycles. The molecule has 0 aliphatic carbocycles. The van der Waals surface area contributed by atoms with E-state index >= 15 is 0 Å². The van der Waals surface area contributed by atoms with E-state index in [0.29, 0.717) is 11.5 Å². The van der Waals surface area contributed by atoms with Gasteiger partial charge in [-0.1, -0.05) is 24.3 Å². The van der Waals surface area contributed by atoms with Gasteiger partial charge in [0, 0.05) is 19.9 Å². The molecular formula is C15H15BO4. The maximum atomic E-state index is 11.2. The first kappa shape index (κ1) is 14.1. The Kier molecular flexibility index (Phi) is 4.40. The van der Waals surface area contributed by atoms with Gasteiger partial charge in [0.1, 0.15) is 11.5 Å². The lowest BCUT2D eigenvalue weighted by molar-refractivity contribution is -0.132. The molecule has 0 spiro atoms. The zero-order valence-corrected chi connectivity index (χ0v) is 11.5. The summed E-state index contributed by atoms with van der Waals surface area (Å²) in [5.41, 5.74) is 0.900. The quantitative estimate of drug-likeness (QED) is 0.478. The molecule has 1 aliphatic rings. The minimum Gasteiger partial charge on any atom is -0.427 e. The molecule has 1 aromatic carbocycles. The molecule has 1 aromatic rings. The van der Waals surface area contributed by atoms with Crippen LogP contribution in [0, 0.1) is 0 Å². The predicted molar refractivity (Wildman–Crippen MR) is 77.5 cm³/mol. The van der Waals surface area contributed by atoms with Gasteiger partial charge < -0.3 is 9.47 Å². The van der Waals surface area contributed by atoms with Crippen molar-refractivity contribution in [3.63, 3.8) is 0 Å². The Bertz CT molecular complexity index is 590. The van der Waals surface area contributed by atoms with Gasteiger partial charge in [0.05, 0.1) is 0 Å². The number of hydrogen-bond acceptors (Lipinski definition) is 4. The number of allylic oxidation sites excluding steroid dienone is 3. The summed E-state index contributed by atoms with van der Waals surface area (Å²) in [6.45, 7) is 2.83. The smallest absolute Gasteiger partial charge is 0.308 e. The first-order valence-electron chi connectivity index (χ1n) is 6.40. The van der Waals surface area contributed by atoms with E-state index in [1.54, 1.807) is 12.1 Å².